The highest BCUT2D eigenvalue weighted by atomic mass is 19.1. The number of ether oxygens (including phenoxy) is 1. The van der Waals surface area contributed by atoms with Crippen molar-refractivity contribution in [3.63, 3.8) is 0 Å². The van der Waals surface area contributed by atoms with Crippen molar-refractivity contribution in [1.82, 2.24) is 4.98 Å². The zero-order chi connectivity index (χ0) is 13.4. The Balaban J connectivity index is 1.78. The molecule has 0 radical (unpaired) electrons. The Labute approximate surface area is 110 Å². The van der Waals surface area contributed by atoms with Gasteiger partial charge in [0.05, 0.1) is 12.1 Å². The van der Waals surface area contributed by atoms with E-state index < -0.39 is 11.6 Å². The SMILES string of the molecule is CNc1nc(NC2CCOC2C2CC2)c(F)cc1F. The van der Waals surface area contributed by atoms with Gasteiger partial charge in [-0.25, -0.2) is 13.8 Å². The average Bonchev–Trinajstić information content (AvgIpc) is 3.13. The molecule has 2 fully saturated rings. The minimum atomic E-state index is -0.688. The summed E-state index contributed by atoms with van der Waals surface area (Å²) in [6.07, 6.45) is 3.30. The monoisotopic (exact) mass is 269 g/mol. The van der Waals surface area contributed by atoms with E-state index in [0.717, 1.165) is 12.5 Å². The second kappa shape index (κ2) is 4.92. The van der Waals surface area contributed by atoms with Crippen LogP contribution in [0.1, 0.15) is 19.3 Å². The molecular formula is C13H17F2N3O. The van der Waals surface area contributed by atoms with Gasteiger partial charge in [-0.05, 0) is 25.2 Å². The number of hydrogen-bond donors (Lipinski definition) is 2. The molecule has 1 saturated heterocycles. The standard InChI is InChI=1S/C13H17F2N3O/c1-16-12-8(14)6-9(15)13(18-12)17-10-4-5-19-11(10)7-2-3-7/h6-7,10-11H,2-5H2,1H3,(H2,16,17,18). The number of nitrogens with zero attached hydrogens (tertiary/aromatic N) is 1. The third-order valence-electron chi connectivity index (χ3n) is 3.71. The fourth-order valence-corrected chi connectivity index (χ4v) is 2.57. The number of pyridine rings is 1. The van der Waals surface area contributed by atoms with E-state index in [1.165, 1.54) is 12.8 Å². The molecule has 6 heteroatoms. The lowest BCUT2D eigenvalue weighted by molar-refractivity contribution is 0.0897. The Hall–Kier alpha value is -1.43. The van der Waals surface area contributed by atoms with Crippen LogP contribution >= 0.6 is 0 Å². The molecule has 0 spiro atoms. The predicted octanol–water partition coefficient (Wildman–Crippen LogP) is 2.38. The predicted molar refractivity (Wildman–Crippen MR) is 68.2 cm³/mol. The molecule has 3 rings (SSSR count). The molecule has 0 bridgehead atoms. The third kappa shape index (κ3) is 2.49. The first kappa shape index (κ1) is 12.6. The molecule has 4 nitrogen and oxygen atoms in total. The maximum absolute atomic E-state index is 13.7. The highest BCUT2D eigenvalue weighted by Crippen LogP contribution is 2.39. The van der Waals surface area contributed by atoms with Crippen molar-refractivity contribution in [2.24, 2.45) is 5.92 Å². The Kier molecular flexibility index (Phi) is 3.26. The van der Waals surface area contributed by atoms with E-state index in [0.29, 0.717) is 12.5 Å². The second-order valence-electron chi connectivity index (χ2n) is 5.11. The van der Waals surface area contributed by atoms with Crippen molar-refractivity contribution in [3.8, 4) is 0 Å². The lowest BCUT2D eigenvalue weighted by atomic mass is 10.1. The van der Waals surface area contributed by atoms with E-state index in [1.54, 1.807) is 7.05 Å². The van der Waals surface area contributed by atoms with Crippen LogP contribution in [-0.4, -0.2) is 30.8 Å². The summed E-state index contributed by atoms with van der Waals surface area (Å²) in [4.78, 5) is 3.94. The van der Waals surface area contributed by atoms with E-state index in [9.17, 15) is 8.78 Å². The van der Waals surface area contributed by atoms with Crippen LogP contribution in [0.2, 0.25) is 0 Å². The van der Waals surface area contributed by atoms with Crippen molar-refractivity contribution in [2.75, 3.05) is 24.3 Å². The molecular weight excluding hydrogens is 252 g/mol. The molecule has 2 atom stereocenters. The molecule has 2 aliphatic rings. The van der Waals surface area contributed by atoms with E-state index in [2.05, 4.69) is 15.6 Å². The molecule has 1 aromatic heterocycles. The first-order chi connectivity index (χ1) is 9.19. The van der Waals surface area contributed by atoms with Gasteiger partial charge in [-0.15, -0.1) is 0 Å². The average molecular weight is 269 g/mol. The third-order valence-corrected chi connectivity index (χ3v) is 3.71. The zero-order valence-corrected chi connectivity index (χ0v) is 10.7. The van der Waals surface area contributed by atoms with Crippen LogP contribution in [0.3, 0.4) is 0 Å². The molecule has 2 unspecified atom stereocenters. The molecule has 1 saturated carbocycles. The van der Waals surface area contributed by atoms with Crippen molar-refractivity contribution in [2.45, 2.75) is 31.4 Å². The van der Waals surface area contributed by atoms with Gasteiger partial charge >= 0.3 is 0 Å². The summed E-state index contributed by atoms with van der Waals surface area (Å²) in [5.74, 6) is -0.644. The Morgan fingerprint density at radius 3 is 2.63 bits per heavy atom. The molecule has 1 aliphatic heterocycles. The number of aromatic nitrogens is 1. The summed E-state index contributed by atoms with van der Waals surface area (Å²) in [6, 6.07) is 0.910. The Morgan fingerprint density at radius 2 is 1.95 bits per heavy atom. The molecule has 1 aromatic rings. The molecule has 0 aromatic carbocycles. The van der Waals surface area contributed by atoms with Gasteiger partial charge in [0.15, 0.2) is 23.3 Å². The van der Waals surface area contributed by atoms with Gasteiger partial charge in [0.1, 0.15) is 0 Å². The Morgan fingerprint density at radius 1 is 1.21 bits per heavy atom. The molecule has 2 heterocycles. The van der Waals surface area contributed by atoms with Gasteiger partial charge in [-0.3, -0.25) is 0 Å². The molecule has 2 N–H and O–H groups in total. The van der Waals surface area contributed by atoms with Crippen molar-refractivity contribution in [1.29, 1.82) is 0 Å². The number of halogens is 2. The summed E-state index contributed by atoms with van der Waals surface area (Å²) in [6.45, 7) is 0.681. The van der Waals surface area contributed by atoms with Gasteiger partial charge in [0.25, 0.3) is 0 Å². The maximum Gasteiger partial charge on any atom is 0.168 e. The number of nitrogens with one attached hydrogen (secondary N) is 2. The van der Waals surface area contributed by atoms with E-state index in [1.807, 2.05) is 0 Å². The van der Waals surface area contributed by atoms with Crippen LogP contribution in [0, 0.1) is 17.6 Å². The smallest absolute Gasteiger partial charge is 0.168 e. The van der Waals surface area contributed by atoms with E-state index in [-0.39, 0.29) is 23.8 Å². The van der Waals surface area contributed by atoms with E-state index >= 15 is 0 Å². The van der Waals surface area contributed by atoms with Crippen LogP contribution in [0.25, 0.3) is 0 Å². The number of hydrogen-bond acceptors (Lipinski definition) is 4. The van der Waals surface area contributed by atoms with Crippen LogP contribution in [0.5, 0.6) is 0 Å². The molecule has 0 amide bonds. The van der Waals surface area contributed by atoms with Gasteiger partial charge < -0.3 is 15.4 Å². The minimum absolute atomic E-state index is 0.0470. The normalized spacial score (nSPS) is 26.5. The summed E-state index contributed by atoms with van der Waals surface area (Å²) >= 11 is 0. The van der Waals surface area contributed by atoms with Gasteiger partial charge in [0, 0.05) is 19.7 Å². The van der Waals surface area contributed by atoms with Gasteiger partial charge in [-0.2, -0.15) is 0 Å². The lowest BCUT2D eigenvalue weighted by Crippen LogP contribution is -2.31. The first-order valence-electron chi connectivity index (χ1n) is 6.61. The van der Waals surface area contributed by atoms with E-state index in [4.69, 9.17) is 4.74 Å². The minimum Gasteiger partial charge on any atom is -0.376 e. The van der Waals surface area contributed by atoms with Crippen LogP contribution in [0.15, 0.2) is 6.07 Å². The summed E-state index contributed by atoms with van der Waals surface area (Å²) in [5, 5.41) is 5.67. The number of anilines is 2. The quantitative estimate of drug-likeness (QED) is 0.881. The van der Waals surface area contributed by atoms with Crippen LogP contribution in [0.4, 0.5) is 20.4 Å². The zero-order valence-electron chi connectivity index (χ0n) is 10.7. The summed E-state index contributed by atoms with van der Waals surface area (Å²) < 4.78 is 32.8. The molecule has 19 heavy (non-hydrogen) atoms. The molecule has 104 valence electrons. The molecule has 1 aliphatic carbocycles. The van der Waals surface area contributed by atoms with Crippen LogP contribution in [-0.2, 0) is 4.74 Å². The largest absolute Gasteiger partial charge is 0.376 e. The number of rotatable bonds is 4. The van der Waals surface area contributed by atoms with Crippen molar-refractivity contribution < 1.29 is 13.5 Å². The topological polar surface area (TPSA) is 46.2 Å². The first-order valence-corrected chi connectivity index (χ1v) is 6.61. The van der Waals surface area contributed by atoms with Crippen molar-refractivity contribution >= 4 is 11.6 Å². The van der Waals surface area contributed by atoms with Crippen molar-refractivity contribution in [3.05, 3.63) is 17.7 Å². The second-order valence-corrected chi connectivity index (χ2v) is 5.11. The fraction of sp³-hybridized carbons (Fsp3) is 0.615. The van der Waals surface area contributed by atoms with Gasteiger partial charge in [-0.1, -0.05) is 0 Å². The fourth-order valence-electron chi connectivity index (χ4n) is 2.57. The van der Waals surface area contributed by atoms with Crippen LogP contribution < -0.4 is 10.6 Å². The highest BCUT2D eigenvalue weighted by Gasteiger charge is 2.41. The summed E-state index contributed by atoms with van der Waals surface area (Å²) in [5.41, 5.74) is 0. The highest BCUT2D eigenvalue weighted by molar-refractivity contribution is 5.48. The lowest BCUT2D eigenvalue weighted by Gasteiger charge is -2.20. The Bertz CT molecular complexity index is 479. The summed E-state index contributed by atoms with van der Waals surface area (Å²) in [7, 11) is 1.55. The van der Waals surface area contributed by atoms with Gasteiger partial charge in [0.2, 0.25) is 0 Å². The maximum atomic E-state index is 13.7.